The number of likely N-dealkylation sites (N-methyl/N-ethyl adjacent to an activating group) is 1. The van der Waals surface area contributed by atoms with Crippen molar-refractivity contribution < 1.29 is 13.2 Å². The van der Waals surface area contributed by atoms with Crippen LogP contribution in [0.2, 0.25) is 0 Å². The van der Waals surface area contributed by atoms with Crippen molar-refractivity contribution in [1.82, 2.24) is 4.31 Å². The zero-order valence-electron chi connectivity index (χ0n) is 12.3. The Morgan fingerprint density at radius 3 is 2.71 bits per heavy atom. The molecule has 1 aromatic carbocycles. The first kappa shape index (κ1) is 16.7. The molecular weight excluding hydrogens is 310 g/mol. The normalized spacial score (nSPS) is 15.6. The average molecular weight is 332 g/mol. The lowest BCUT2D eigenvalue weighted by atomic mass is 10.2. The summed E-state index contributed by atoms with van der Waals surface area (Å²) >= 11 is 5.77. The van der Waals surface area contributed by atoms with Gasteiger partial charge in [0, 0.05) is 26.1 Å². The molecule has 0 N–H and O–H groups in total. The number of hydrogen-bond acceptors (Lipinski definition) is 3. The van der Waals surface area contributed by atoms with Crippen LogP contribution in [-0.4, -0.2) is 39.5 Å². The van der Waals surface area contributed by atoms with Crippen molar-refractivity contribution >= 4 is 21.6 Å². The maximum Gasteiger partial charge on any atom is 0.218 e. The van der Waals surface area contributed by atoms with Gasteiger partial charge in [0.15, 0.2) is 0 Å². The van der Waals surface area contributed by atoms with E-state index in [0.29, 0.717) is 24.9 Å². The van der Waals surface area contributed by atoms with Gasteiger partial charge in [0.2, 0.25) is 10.0 Å². The van der Waals surface area contributed by atoms with Crippen LogP contribution in [-0.2, 0) is 26.4 Å². The second-order valence-electron chi connectivity index (χ2n) is 5.55. The number of rotatable bonds is 9. The molecule has 1 aliphatic rings. The molecule has 1 aromatic rings. The monoisotopic (exact) mass is 331 g/mol. The van der Waals surface area contributed by atoms with Crippen molar-refractivity contribution in [3.8, 4) is 0 Å². The molecule has 0 aliphatic heterocycles. The number of halogens is 1. The molecule has 0 spiro atoms. The van der Waals surface area contributed by atoms with Gasteiger partial charge < -0.3 is 4.74 Å². The highest BCUT2D eigenvalue weighted by Gasteiger charge is 2.22. The second-order valence-corrected chi connectivity index (χ2v) is 7.89. The molecule has 0 radical (unpaired) electrons. The minimum atomic E-state index is -3.31. The van der Waals surface area contributed by atoms with E-state index in [9.17, 15) is 8.42 Å². The van der Waals surface area contributed by atoms with Gasteiger partial charge in [-0.3, -0.25) is 0 Å². The summed E-state index contributed by atoms with van der Waals surface area (Å²) < 4.78 is 31.4. The molecule has 4 nitrogen and oxygen atoms in total. The van der Waals surface area contributed by atoms with Crippen LogP contribution in [0.25, 0.3) is 0 Å². The molecule has 0 atom stereocenters. The molecule has 21 heavy (non-hydrogen) atoms. The molecule has 0 bridgehead atoms. The lowest BCUT2D eigenvalue weighted by molar-refractivity contribution is 0.117. The predicted octanol–water partition coefficient (Wildman–Crippen LogP) is 2.61. The molecule has 0 saturated heterocycles. The molecule has 0 heterocycles. The van der Waals surface area contributed by atoms with Gasteiger partial charge in [-0.05, 0) is 29.9 Å². The van der Waals surface area contributed by atoms with Gasteiger partial charge in [0.25, 0.3) is 0 Å². The van der Waals surface area contributed by atoms with E-state index in [0.717, 1.165) is 17.7 Å². The lowest BCUT2D eigenvalue weighted by Gasteiger charge is -2.17. The highest BCUT2D eigenvalue weighted by Crippen LogP contribution is 2.28. The smallest absolute Gasteiger partial charge is 0.218 e. The van der Waals surface area contributed by atoms with Gasteiger partial charge in [0.1, 0.15) is 0 Å². The van der Waals surface area contributed by atoms with E-state index in [2.05, 4.69) is 0 Å². The number of ether oxygens (including phenoxy) is 1. The molecule has 0 aromatic heterocycles. The second kappa shape index (κ2) is 7.58. The van der Waals surface area contributed by atoms with Crippen molar-refractivity contribution in [2.45, 2.75) is 24.5 Å². The quantitative estimate of drug-likeness (QED) is 0.516. The van der Waals surface area contributed by atoms with Crippen molar-refractivity contribution in [3.05, 3.63) is 35.4 Å². The molecule has 6 heteroatoms. The first-order valence-electron chi connectivity index (χ1n) is 7.17. The van der Waals surface area contributed by atoms with Crippen molar-refractivity contribution in [3.63, 3.8) is 0 Å². The van der Waals surface area contributed by atoms with E-state index in [1.807, 2.05) is 24.3 Å². The van der Waals surface area contributed by atoms with E-state index in [4.69, 9.17) is 16.3 Å². The number of sulfonamides is 1. The first-order chi connectivity index (χ1) is 10.0. The lowest BCUT2D eigenvalue weighted by Crippen LogP contribution is -2.31. The fourth-order valence-corrected chi connectivity index (χ4v) is 3.33. The van der Waals surface area contributed by atoms with Gasteiger partial charge in [-0.2, -0.15) is 0 Å². The van der Waals surface area contributed by atoms with Crippen LogP contribution < -0.4 is 0 Å². The fourth-order valence-electron chi connectivity index (χ4n) is 1.99. The number of hydrogen-bond donors (Lipinski definition) is 0. The Balaban J connectivity index is 1.83. The van der Waals surface area contributed by atoms with Gasteiger partial charge in [-0.25, -0.2) is 12.7 Å². The molecular formula is C15H22ClNO3S. The van der Waals surface area contributed by atoms with Crippen LogP contribution >= 0.6 is 11.6 Å². The first-order valence-corrected chi connectivity index (χ1v) is 9.31. The van der Waals surface area contributed by atoms with Crippen LogP contribution in [0.4, 0.5) is 0 Å². The minimum Gasteiger partial charge on any atom is -0.380 e. The van der Waals surface area contributed by atoms with E-state index < -0.39 is 10.0 Å². The van der Waals surface area contributed by atoms with Gasteiger partial charge in [0.05, 0.1) is 12.4 Å². The molecule has 2 rings (SSSR count). The third kappa shape index (κ3) is 5.58. The Labute approximate surface area is 132 Å². The third-order valence-electron chi connectivity index (χ3n) is 3.57. The summed E-state index contributed by atoms with van der Waals surface area (Å²) in [5.41, 5.74) is 1.69. The van der Waals surface area contributed by atoms with Crippen LogP contribution in [0.5, 0.6) is 0 Å². The van der Waals surface area contributed by atoms with E-state index >= 15 is 0 Å². The Kier molecular flexibility index (Phi) is 6.05. The Hall–Kier alpha value is -0.620. The fraction of sp³-hybridized carbons (Fsp3) is 0.600. The molecule has 118 valence electrons. The minimum absolute atomic E-state index is 0.00312. The molecule has 0 amide bonds. The largest absolute Gasteiger partial charge is 0.380 e. The number of benzene rings is 1. The van der Waals surface area contributed by atoms with E-state index in [1.54, 1.807) is 7.05 Å². The van der Waals surface area contributed by atoms with Crippen LogP contribution in [0.3, 0.4) is 0 Å². The molecule has 1 aliphatic carbocycles. The maximum atomic E-state index is 12.3. The van der Waals surface area contributed by atoms with Gasteiger partial charge in [-0.15, -0.1) is 11.6 Å². The third-order valence-corrected chi connectivity index (χ3v) is 5.71. The van der Waals surface area contributed by atoms with Crippen molar-refractivity contribution in [2.24, 2.45) is 5.92 Å². The Morgan fingerprint density at radius 2 is 2.05 bits per heavy atom. The van der Waals surface area contributed by atoms with E-state index in [-0.39, 0.29) is 5.75 Å². The van der Waals surface area contributed by atoms with Crippen LogP contribution in [0.15, 0.2) is 24.3 Å². The average Bonchev–Trinajstić information content (AvgIpc) is 3.27. The topological polar surface area (TPSA) is 46.6 Å². The number of nitrogens with zero attached hydrogens (tertiary/aromatic N) is 1. The highest BCUT2D eigenvalue weighted by atomic mass is 35.5. The summed E-state index contributed by atoms with van der Waals surface area (Å²) in [7, 11) is -1.71. The summed E-state index contributed by atoms with van der Waals surface area (Å²) in [5, 5.41) is 0. The standard InChI is InChI=1S/C15H22ClNO3S/c1-17(7-8-20-11-13-5-6-13)21(18,19)12-15-4-2-3-14(9-15)10-16/h2-4,9,13H,5-8,10-12H2,1H3. The predicted molar refractivity (Wildman–Crippen MR) is 84.8 cm³/mol. The Bertz CT molecular complexity index is 558. The zero-order chi connectivity index (χ0) is 15.3. The van der Waals surface area contributed by atoms with Crippen molar-refractivity contribution in [1.29, 1.82) is 0 Å². The molecule has 0 unspecified atom stereocenters. The maximum absolute atomic E-state index is 12.3. The van der Waals surface area contributed by atoms with Gasteiger partial charge >= 0.3 is 0 Å². The van der Waals surface area contributed by atoms with Crippen molar-refractivity contribution in [2.75, 3.05) is 26.8 Å². The molecule has 1 saturated carbocycles. The van der Waals surface area contributed by atoms with Crippen LogP contribution in [0, 0.1) is 5.92 Å². The number of alkyl halides is 1. The molecule has 1 fully saturated rings. The Morgan fingerprint density at radius 1 is 1.33 bits per heavy atom. The summed E-state index contributed by atoms with van der Waals surface area (Å²) in [4.78, 5) is 0. The van der Waals surface area contributed by atoms with Crippen LogP contribution in [0.1, 0.15) is 24.0 Å². The summed E-state index contributed by atoms with van der Waals surface area (Å²) in [5.74, 6) is 1.08. The summed E-state index contributed by atoms with van der Waals surface area (Å²) in [6.07, 6.45) is 2.48. The highest BCUT2D eigenvalue weighted by molar-refractivity contribution is 7.88. The van der Waals surface area contributed by atoms with E-state index in [1.165, 1.54) is 17.1 Å². The summed E-state index contributed by atoms with van der Waals surface area (Å²) in [6.45, 7) is 1.60. The summed E-state index contributed by atoms with van der Waals surface area (Å²) in [6, 6.07) is 7.37. The zero-order valence-corrected chi connectivity index (χ0v) is 13.9. The van der Waals surface area contributed by atoms with Gasteiger partial charge in [-0.1, -0.05) is 24.3 Å². The SMILES string of the molecule is CN(CCOCC1CC1)S(=O)(=O)Cc1cccc(CCl)c1.